The normalized spacial score (nSPS) is 10.5. The average molecular weight is 379 g/mol. The van der Waals surface area contributed by atoms with Gasteiger partial charge in [-0.1, -0.05) is 31.2 Å². The topological polar surface area (TPSA) is 116 Å². The lowest BCUT2D eigenvalue weighted by Crippen LogP contribution is -2.28. The molecule has 0 saturated heterocycles. The van der Waals surface area contributed by atoms with Crippen LogP contribution in [0.5, 0.6) is 0 Å². The van der Waals surface area contributed by atoms with E-state index in [0.717, 1.165) is 10.9 Å². The molecule has 8 nitrogen and oxygen atoms in total. The van der Waals surface area contributed by atoms with Gasteiger partial charge in [-0.05, 0) is 24.3 Å². The molecule has 0 spiro atoms. The van der Waals surface area contributed by atoms with Crippen LogP contribution >= 0.6 is 0 Å². The third kappa shape index (κ3) is 4.73. The molecule has 1 heterocycles. The summed E-state index contributed by atoms with van der Waals surface area (Å²) in [6.45, 7) is 1.94. The zero-order valence-electron chi connectivity index (χ0n) is 15.4. The zero-order valence-corrected chi connectivity index (χ0v) is 15.4. The van der Waals surface area contributed by atoms with Crippen LogP contribution in [0.1, 0.15) is 30.3 Å². The minimum absolute atomic E-state index is 0.0999. The smallest absolute Gasteiger partial charge is 0.272 e. The summed E-state index contributed by atoms with van der Waals surface area (Å²) in [4.78, 5) is 35.8. The van der Waals surface area contributed by atoms with E-state index in [1.807, 2.05) is 24.3 Å². The fourth-order valence-electron chi connectivity index (χ4n) is 2.66. The molecule has 3 amide bonds. The van der Waals surface area contributed by atoms with Crippen LogP contribution in [0.2, 0.25) is 0 Å². The fraction of sp³-hybridized carbons (Fsp3) is 0.200. The monoisotopic (exact) mass is 379 g/mol. The highest BCUT2D eigenvalue weighted by Crippen LogP contribution is 2.16. The summed E-state index contributed by atoms with van der Waals surface area (Å²) in [6.07, 6.45) is 0.487. The highest BCUT2D eigenvalue weighted by molar-refractivity contribution is 6.04. The van der Waals surface area contributed by atoms with Crippen molar-refractivity contribution in [1.82, 2.24) is 15.5 Å². The van der Waals surface area contributed by atoms with Crippen LogP contribution in [-0.2, 0) is 9.59 Å². The van der Waals surface area contributed by atoms with Crippen molar-refractivity contribution in [3.8, 4) is 0 Å². The second-order valence-corrected chi connectivity index (χ2v) is 6.15. The quantitative estimate of drug-likeness (QED) is 0.505. The lowest BCUT2D eigenvalue weighted by Gasteiger charge is -2.09. The number of anilines is 2. The minimum atomic E-state index is -0.338. The average Bonchev–Trinajstić information content (AvgIpc) is 3.12. The van der Waals surface area contributed by atoms with Gasteiger partial charge in [-0.15, -0.1) is 0 Å². The van der Waals surface area contributed by atoms with Crippen LogP contribution in [0.3, 0.4) is 0 Å². The Hall–Kier alpha value is -3.68. The van der Waals surface area contributed by atoms with Gasteiger partial charge in [0.05, 0.1) is 5.52 Å². The Bertz CT molecular complexity index is 1010. The van der Waals surface area contributed by atoms with Crippen molar-refractivity contribution in [2.75, 3.05) is 17.2 Å². The van der Waals surface area contributed by atoms with Gasteiger partial charge in [0, 0.05) is 36.1 Å². The van der Waals surface area contributed by atoms with Gasteiger partial charge in [0.15, 0.2) is 5.69 Å². The second kappa shape index (κ2) is 8.81. The Morgan fingerprint density at radius 1 is 0.964 bits per heavy atom. The lowest BCUT2D eigenvalue weighted by molar-refractivity contribution is -0.116. The third-order valence-electron chi connectivity index (χ3n) is 4.07. The standard InChI is InChI=1S/C20H21N5O3/c1-2-17(26)22-13-6-5-7-14(12-13)23-18(27)10-11-21-20(28)19-15-8-3-4-9-16(15)24-25-19/h3-9,12H,2,10-11H2,1H3,(H,21,28)(H,22,26)(H,23,27)(H,24,25). The van der Waals surface area contributed by atoms with Crippen molar-refractivity contribution in [1.29, 1.82) is 0 Å². The predicted octanol–water partition coefficient (Wildman–Crippen LogP) is 2.67. The number of para-hydroxylation sites is 1. The molecule has 2 aromatic carbocycles. The summed E-state index contributed by atoms with van der Waals surface area (Å²) >= 11 is 0. The van der Waals surface area contributed by atoms with E-state index in [1.165, 1.54) is 0 Å². The third-order valence-corrected chi connectivity index (χ3v) is 4.07. The van der Waals surface area contributed by atoms with Crippen molar-refractivity contribution in [3.63, 3.8) is 0 Å². The molecule has 1 aromatic heterocycles. The number of fused-ring (bicyclic) bond motifs is 1. The summed E-state index contributed by atoms with van der Waals surface area (Å²) in [7, 11) is 0. The van der Waals surface area contributed by atoms with Gasteiger partial charge in [-0.2, -0.15) is 5.10 Å². The molecule has 3 rings (SSSR count). The highest BCUT2D eigenvalue weighted by Gasteiger charge is 2.13. The first kappa shape index (κ1) is 19.1. The minimum Gasteiger partial charge on any atom is -0.350 e. The van der Waals surface area contributed by atoms with E-state index in [2.05, 4.69) is 26.1 Å². The number of amides is 3. The van der Waals surface area contributed by atoms with Gasteiger partial charge >= 0.3 is 0 Å². The van der Waals surface area contributed by atoms with Crippen molar-refractivity contribution in [2.24, 2.45) is 0 Å². The number of nitrogens with one attached hydrogen (secondary N) is 4. The maximum Gasteiger partial charge on any atom is 0.272 e. The molecule has 0 atom stereocenters. The molecule has 0 aliphatic rings. The number of hydrogen-bond donors (Lipinski definition) is 4. The van der Waals surface area contributed by atoms with Gasteiger partial charge in [-0.25, -0.2) is 0 Å². The molecular formula is C20H21N5O3. The van der Waals surface area contributed by atoms with Gasteiger partial charge in [0.1, 0.15) is 0 Å². The number of benzene rings is 2. The Kier molecular flexibility index (Phi) is 6.01. The van der Waals surface area contributed by atoms with Crippen LogP contribution in [0.4, 0.5) is 11.4 Å². The maximum absolute atomic E-state index is 12.3. The van der Waals surface area contributed by atoms with Crippen LogP contribution in [0, 0.1) is 0 Å². The van der Waals surface area contributed by atoms with Gasteiger partial charge < -0.3 is 16.0 Å². The number of hydrogen-bond acceptors (Lipinski definition) is 4. The summed E-state index contributed by atoms with van der Waals surface area (Å²) in [6, 6.07) is 14.2. The molecule has 0 aliphatic heterocycles. The Labute approximate surface area is 161 Å². The fourth-order valence-corrected chi connectivity index (χ4v) is 2.66. The molecule has 3 aromatic rings. The summed E-state index contributed by atoms with van der Waals surface area (Å²) < 4.78 is 0. The van der Waals surface area contributed by atoms with E-state index in [9.17, 15) is 14.4 Å². The van der Waals surface area contributed by atoms with Crippen molar-refractivity contribution in [2.45, 2.75) is 19.8 Å². The first-order chi connectivity index (χ1) is 13.6. The van der Waals surface area contributed by atoms with Gasteiger partial charge in [-0.3, -0.25) is 19.5 Å². The molecule has 144 valence electrons. The molecule has 0 saturated carbocycles. The summed E-state index contributed by atoms with van der Waals surface area (Å²) in [5, 5.41) is 15.7. The zero-order chi connectivity index (χ0) is 19.9. The molecule has 0 fully saturated rings. The molecule has 0 radical (unpaired) electrons. The maximum atomic E-state index is 12.3. The van der Waals surface area contributed by atoms with Crippen molar-refractivity contribution < 1.29 is 14.4 Å². The predicted molar refractivity (Wildman–Crippen MR) is 107 cm³/mol. The Morgan fingerprint density at radius 2 is 1.68 bits per heavy atom. The van der Waals surface area contributed by atoms with E-state index < -0.39 is 0 Å². The first-order valence-corrected chi connectivity index (χ1v) is 8.98. The van der Waals surface area contributed by atoms with E-state index in [4.69, 9.17) is 0 Å². The molecule has 28 heavy (non-hydrogen) atoms. The van der Waals surface area contributed by atoms with Gasteiger partial charge in [0.25, 0.3) is 5.91 Å². The Balaban J connectivity index is 1.50. The first-order valence-electron chi connectivity index (χ1n) is 8.98. The SMILES string of the molecule is CCC(=O)Nc1cccc(NC(=O)CCNC(=O)c2n[nH]c3ccccc23)c1. The Morgan fingerprint density at radius 3 is 2.43 bits per heavy atom. The summed E-state index contributed by atoms with van der Waals surface area (Å²) in [5.74, 6) is -0.683. The molecular weight excluding hydrogens is 358 g/mol. The molecule has 0 unspecified atom stereocenters. The number of carbonyl (C=O) groups is 3. The van der Waals surface area contributed by atoms with E-state index >= 15 is 0 Å². The summed E-state index contributed by atoms with van der Waals surface area (Å²) in [5.41, 5.74) is 2.27. The highest BCUT2D eigenvalue weighted by atomic mass is 16.2. The number of rotatable bonds is 7. The number of H-pyrrole nitrogens is 1. The lowest BCUT2D eigenvalue weighted by atomic mass is 10.2. The van der Waals surface area contributed by atoms with E-state index in [1.54, 1.807) is 31.2 Å². The molecule has 8 heteroatoms. The van der Waals surface area contributed by atoms with Crippen molar-refractivity contribution >= 4 is 40.0 Å². The number of carbonyl (C=O) groups excluding carboxylic acids is 3. The second-order valence-electron chi connectivity index (χ2n) is 6.15. The number of aromatic nitrogens is 2. The number of nitrogens with zero attached hydrogens (tertiary/aromatic N) is 1. The van der Waals surface area contributed by atoms with Crippen LogP contribution < -0.4 is 16.0 Å². The van der Waals surface area contributed by atoms with E-state index in [-0.39, 0.29) is 30.7 Å². The number of aromatic amines is 1. The van der Waals surface area contributed by atoms with Crippen LogP contribution in [0.15, 0.2) is 48.5 Å². The van der Waals surface area contributed by atoms with Crippen molar-refractivity contribution in [3.05, 3.63) is 54.2 Å². The molecule has 4 N–H and O–H groups in total. The van der Waals surface area contributed by atoms with Crippen LogP contribution in [-0.4, -0.2) is 34.5 Å². The molecule has 0 bridgehead atoms. The van der Waals surface area contributed by atoms with Gasteiger partial charge in [0.2, 0.25) is 11.8 Å². The molecule has 0 aliphatic carbocycles. The largest absolute Gasteiger partial charge is 0.350 e. The van der Waals surface area contributed by atoms with E-state index in [0.29, 0.717) is 23.5 Å². The van der Waals surface area contributed by atoms with Crippen LogP contribution in [0.25, 0.3) is 10.9 Å².